The van der Waals surface area contributed by atoms with Gasteiger partial charge in [0.1, 0.15) is 11.4 Å². The van der Waals surface area contributed by atoms with Crippen LogP contribution in [-0.2, 0) is 9.47 Å². The van der Waals surface area contributed by atoms with E-state index in [1.165, 1.54) is 0 Å². The first-order valence-corrected chi connectivity index (χ1v) is 5.32. The molecule has 88 valence electrons. The molecule has 2 heterocycles. The Hall–Kier alpha value is -1.33. The van der Waals surface area contributed by atoms with E-state index in [4.69, 9.17) is 15.2 Å². The third-order valence-corrected chi connectivity index (χ3v) is 2.88. The molecule has 1 aromatic heterocycles. The fraction of sp³-hybridized carbons (Fsp3) is 0.545. The van der Waals surface area contributed by atoms with Crippen LogP contribution in [0.3, 0.4) is 0 Å². The minimum absolute atomic E-state index is 0.219. The second kappa shape index (κ2) is 4.67. The van der Waals surface area contributed by atoms with E-state index in [0.717, 1.165) is 18.8 Å². The maximum absolute atomic E-state index is 5.56. The molecule has 0 aliphatic carbocycles. The van der Waals surface area contributed by atoms with Gasteiger partial charge in [0.05, 0.1) is 18.5 Å². The summed E-state index contributed by atoms with van der Waals surface area (Å²) in [5.41, 5.74) is 6.01. The molecular weight excluding hydrogens is 206 g/mol. The Bertz CT molecular complexity index is 334. The lowest BCUT2D eigenvalue weighted by atomic mass is 10.0. The summed E-state index contributed by atoms with van der Waals surface area (Å²) < 4.78 is 10.9. The second-order valence-electron chi connectivity index (χ2n) is 4.02. The van der Waals surface area contributed by atoms with Gasteiger partial charge in [0.25, 0.3) is 0 Å². The molecule has 0 spiro atoms. The molecular formula is C11H17N3O2. The van der Waals surface area contributed by atoms with Gasteiger partial charge in [0.2, 0.25) is 0 Å². The van der Waals surface area contributed by atoms with Crippen molar-refractivity contribution < 1.29 is 9.47 Å². The van der Waals surface area contributed by atoms with Crippen molar-refractivity contribution in [2.24, 2.45) is 0 Å². The number of nitrogens with one attached hydrogen (secondary N) is 1. The highest BCUT2D eigenvalue weighted by Gasteiger charge is 2.34. The Morgan fingerprint density at radius 2 is 2.50 bits per heavy atom. The number of anilines is 2. The number of nitrogens with zero attached hydrogens (tertiary/aromatic N) is 1. The molecule has 5 heteroatoms. The average Bonchev–Trinajstić information content (AvgIpc) is 2.78. The second-order valence-corrected chi connectivity index (χ2v) is 4.02. The molecule has 1 aliphatic rings. The van der Waals surface area contributed by atoms with Crippen molar-refractivity contribution in [3.8, 4) is 0 Å². The van der Waals surface area contributed by atoms with Crippen LogP contribution >= 0.6 is 0 Å². The molecule has 1 aliphatic heterocycles. The van der Waals surface area contributed by atoms with Crippen LogP contribution in [0.2, 0.25) is 0 Å². The number of hydrogen-bond acceptors (Lipinski definition) is 5. The number of nitrogen functional groups attached to an aromatic ring is 1. The van der Waals surface area contributed by atoms with Crippen LogP contribution in [0, 0.1) is 0 Å². The Labute approximate surface area is 95.0 Å². The molecule has 3 N–H and O–H groups in total. The highest BCUT2D eigenvalue weighted by atomic mass is 16.5. The van der Waals surface area contributed by atoms with Gasteiger partial charge in [0, 0.05) is 26.7 Å². The first-order valence-electron chi connectivity index (χ1n) is 5.32. The summed E-state index contributed by atoms with van der Waals surface area (Å²) in [5.74, 6) is 0.803. The van der Waals surface area contributed by atoms with Crippen molar-refractivity contribution in [1.29, 1.82) is 0 Å². The zero-order valence-electron chi connectivity index (χ0n) is 9.40. The van der Waals surface area contributed by atoms with E-state index >= 15 is 0 Å². The number of rotatable bonds is 4. The van der Waals surface area contributed by atoms with Crippen molar-refractivity contribution in [3.05, 3.63) is 18.3 Å². The Balaban J connectivity index is 1.93. The number of methoxy groups -OCH3 is 1. The minimum atomic E-state index is -0.219. The van der Waals surface area contributed by atoms with Crippen LogP contribution in [0.25, 0.3) is 0 Å². The van der Waals surface area contributed by atoms with Gasteiger partial charge in [-0.2, -0.15) is 0 Å². The van der Waals surface area contributed by atoms with Crippen LogP contribution < -0.4 is 11.1 Å². The summed E-state index contributed by atoms with van der Waals surface area (Å²) in [6.45, 7) is 2.08. The fourth-order valence-electron chi connectivity index (χ4n) is 1.72. The monoisotopic (exact) mass is 223 g/mol. The summed E-state index contributed by atoms with van der Waals surface area (Å²) in [6, 6.07) is 3.68. The SMILES string of the molecule is COC1(CNc2ccc(N)cn2)CCOC1. The van der Waals surface area contributed by atoms with Gasteiger partial charge >= 0.3 is 0 Å². The van der Waals surface area contributed by atoms with E-state index in [2.05, 4.69) is 10.3 Å². The molecule has 1 unspecified atom stereocenters. The third-order valence-electron chi connectivity index (χ3n) is 2.88. The lowest BCUT2D eigenvalue weighted by Gasteiger charge is -2.26. The highest BCUT2D eigenvalue weighted by molar-refractivity contribution is 5.43. The van der Waals surface area contributed by atoms with Gasteiger partial charge in [0.15, 0.2) is 0 Å². The molecule has 2 rings (SSSR count). The topological polar surface area (TPSA) is 69.4 Å². The molecule has 0 aromatic carbocycles. The number of hydrogen-bond donors (Lipinski definition) is 2. The quantitative estimate of drug-likeness (QED) is 0.793. The maximum atomic E-state index is 5.56. The van der Waals surface area contributed by atoms with Gasteiger partial charge in [-0.25, -0.2) is 4.98 Å². The van der Waals surface area contributed by atoms with Gasteiger partial charge in [-0.15, -0.1) is 0 Å². The van der Waals surface area contributed by atoms with Gasteiger partial charge in [-0.1, -0.05) is 0 Å². The molecule has 0 radical (unpaired) electrons. The number of aromatic nitrogens is 1. The standard InChI is InChI=1S/C11H17N3O2/c1-15-11(4-5-16-8-11)7-14-10-3-2-9(12)6-13-10/h2-3,6H,4-5,7-8,12H2,1H3,(H,13,14). The summed E-state index contributed by atoms with van der Waals surface area (Å²) >= 11 is 0. The maximum Gasteiger partial charge on any atom is 0.126 e. The molecule has 0 saturated carbocycles. The van der Waals surface area contributed by atoms with E-state index < -0.39 is 0 Å². The lowest BCUT2D eigenvalue weighted by molar-refractivity contribution is -0.00625. The molecule has 16 heavy (non-hydrogen) atoms. The molecule has 0 bridgehead atoms. The van der Waals surface area contributed by atoms with Crippen LogP contribution in [0.5, 0.6) is 0 Å². The number of ether oxygens (including phenoxy) is 2. The molecule has 5 nitrogen and oxygen atoms in total. The molecule has 1 fully saturated rings. The number of nitrogens with two attached hydrogens (primary N) is 1. The fourth-order valence-corrected chi connectivity index (χ4v) is 1.72. The lowest BCUT2D eigenvalue weighted by Crippen LogP contribution is -2.39. The summed E-state index contributed by atoms with van der Waals surface area (Å²) in [4.78, 5) is 4.17. The van der Waals surface area contributed by atoms with E-state index in [1.54, 1.807) is 13.3 Å². The van der Waals surface area contributed by atoms with Crippen molar-refractivity contribution in [1.82, 2.24) is 4.98 Å². The summed E-state index contributed by atoms with van der Waals surface area (Å²) in [5, 5.41) is 3.23. The van der Waals surface area contributed by atoms with Crippen LogP contribution in [0.15, 0.2) is 18.3 Å². The Morgan fingerprint density at radius 3 is 3.06 bits per heavy atom. The third kappa shape index (κ3) is 2.43. The predicted octanol–water partition coefficient (Wildman–Crippen LogP) is 0.881. The van der Waals surface area contributed by atoms with E-state index in [-0.39, 0.29) is 5.60 Å². The molecule has 0 amide bonds. The van der Waals surface area contributed by atoms with E-state index in [0.29, 0.717) is 18.8 Å². The molecule has 1 saturated heterocycles. The van der Waals surface area contributed by atoms with E-state index in [9.17, 15) is 0 Å². The zero-order chi connectivity index (χ0) is 11.4. The first-order chi connectivity index (χ1) is 7.74. The van der Waals surface area contributed by atoms with Crippen LogP contribution in [0.4, 0.5) is 11.5 Å². The van der Waals surface area contributed by atoms with Gasteiger partial charge < -0.3 is 20.5 Å². The first kappa shape index (κ1) is 11.2. The Kier molecular flexibility index (Phi) is 3.26. The Morgan fingerprint density at radius 1 is 1.62 bits per heavy atom. The largest absolute Gasteiger partial charge is 0.397 e. The van der Waals surface area contributed by atoms with Gasteiger partial charge in [-0.3, -0.25) is 0 Å². The zero-order valence-corrected chi connectivity index (χ0v) is 9.40. The smallest absolute Gasteiger partial charge is 0.126 e. The summed E-state index contributed by atoms with van der Waals surface area (Å²) in [6.07, 6.45) is 2.54. The van der Waals surface area contributed by atoms with Crippen molar-refractivity contribution >= 4 is 11.5 Å². The molecule has 1 aromatic rings. The van der Waals surface area contributed by atoms with Crippen LogP contribution in [0.1, 0.15) is 6.42 Å². The molecule has 1 atom stereocenters. The minimum Gasteiger partial charge on any atom is -0.397 e. The average molecular weight is 223 g/mol. The van der Waals surface area contributed by atoms with Crippen molar-refractivity contribution in [3.63, 3.8) is 0 Å². The highest BCUT2D eigenvalue weighted by Crippen LogP contribution is 2.22. The number of pyridine rings is 1. The normalized spacial score (nSPS) is 24.6. The summed E-state index contributed by atoms with van der Waals surface area (Å²) in [7, 11) is 1.72. The van der Waals surface area contributed by atoms with Crippen LogP contribution in [-0.4, -0.2) is 37.5 Å². The van der Waals surface area contributed by atoms with Crippen molar-refractivity contribution in [2.75, 3.05) is 37.9 Å². The predicted molar refractivity (Wildman–Crippen MR) is 62.3 cm³/mol. The van der Waals surface area contributed by atoms with Crippen molar-refractivity contribution in [2.45, 2.75) is 12.0 Å². The van der Waals surface area contributed by atoms with E-state index in [1.807, 2.05) is 12.1 Å². The van der Waals surface area contributed by atoms with Gasteiger partial charge in [-0.05, 0) is 12.1 Å².